The Morgan fingerprint density at radius 2 is 2.17 bits per heavy atom. The normalized spacial score (nSPS) is 9.83. The van der Waals surface area contributed by atoms with Crippen LogP contribution >= 0.6 is 11.6 Å². The van der Waals surface area contributed by atoms with Crippen molar-refractivity contribution in [2.45, 2.75) is 6.92 Å². The van der Waals surface area contributed by atoms with Gasteiger partial charge in [-0.2, -0.15) is 5.26 Å². The molecule has 18 heavy (non-hydrogen) atoms. The van der Waals surface area contributed by atoms with Gasteiger partial charge in [-0.1, -0.05) is 11.6 Å². The Kier molecular flexibility index (Phi) is 3.35. The lowest BCUT2D eigenvalue weighted by molar-refractivity contribution is 1.26. The predicted molar refractivity (Wildman–Crippen MR) is 72.8 cm³/mol. The van der Waals surface area contributed by atoms with E-state index in [4.69, 9.17) is 22.6 Å². The molecule has 2 rings (SSSR count). The lowest BCUT2D eigenvalue weighted by Crippen LogP contribution is -1.99. The number of halogens is 1. The van der Waals surface area contributed by atoms with Crippen molar-refractivity contribution in [1.29, 1.82) is 5.26 Å². The van der Waals surface area contributed by atoms with Gasteiger partial charge in [0, 0.05) is 0 Å². The van der Waals surface area contributed by atoms with Crippen molar-refractivity contribution >= 4 is 28.8 Å². The van der Waals surface area contributed by atoms with E-state index in [1.807, 2.05) is 13.0 Å². The van der Waals surface area contributed by atoms with Gasteiger partial charge in [0.2, 0.25) is 0 Å². The molecule has 5 heteroatoms. The summed E-state index contributed by atoms with van der Waals surface area (Å²) in [6.45, 7) is 1.90. The predicted octanol–water partition coefficient (Wildman–Crippen LogP) is 3.24. The Morgan fingerprint density at radius 3 is 2.83 bits per heavy atom. The van der Waals surface area contributed by atoms with Gasteiger partial charge in [-0.15, -0.1) is 0 Å². The van der Waals surface area contributed by atoms with Gasteiger partial charge in [0.1, 0.15) is 5.82 Å². The zero-order chi connectivity index (χ0) is 13.1. The second-order valence-electron chi connectivity index (χ2n) is 3.87. The highest BCUT2D eigenvalue weighted by Crippen LogP contribution is 2.27. The van der Waals surface area contributed by atoms with Crippen LogP contribution in [0.15, 0.2) is 30.5 Å². The van der Waals surface area contributed by atoms with Crippen LogP contribution in [0.3, 0.4) is 0 Å². The quantitative estimate of drug-likeness (QED) is 0.867. The Labute approximate surface area is 110 Å². The average Bonchev–Trinajstić information content (AvgIpc) is 2.35. The van der Waals surface area contributed by atoms with E-state index in [-0.39, 0.29) is 0 Å². The highest BCUT2D eigenvalue weighted by Gasteiger charge is 2.05. The van der Waals surface area contributed by atoms with Crippen molar-refractivity contribution in [1.82, 2.24) is 4.98 Å². The zero-order valence-corrected chi connectivity index (χ0v) is 10.5. The van der Waals surface area contributed by atoms with E-state index in [2.05, 4.69) is 16.4 Å². The molecule has 1 aromatic heterocycles. The molecule has 0 aliphatic carbocycles. The molecule has 0 aliphatic heterocycles. The summed E-state index contributed by atoms with van der Waals surface area (Å²) in [6, 6.07) is 8.90. The monoisotopic (exact) mass is 258 g/mol. The topological polar surface area (TPSA) is 74.7 Å². The lowest BCUT2D eigenvalue weighted by Gasteiger charge is -2.10. The van der Waals surface area contributed by atoms with Crippen LogP contribution < -0.4 is 11.1 Å². The van der Waals surface area contributed by atoms with Crippen LogP contribution in [0.25, 0.3) is 0 Å². The molecule has 0 amide bonds. The van der Waals surface area contributed by atoms with Gasteiger partial charge in [-0.05, 0) is 36.8 Å². The zero-order valence-electron chi connectivity index (χ0n) is 9.74. The third-order valence-electron chi connectivity index (χ3n) is 2.45. The van der Waals surface area contributed by atoms with Gasteiger partial charge in [-0.3, -0.25) is 0 Å². The first-order valence-corrected chi connectivity index (χ1v) is 5.67. The van der Waals surface area contributed by atoms with Crippen LogP contribution in [0.5, 0.6) is 0 Å². The number of aromatic nitrogens is 1. The number of nitrogens with one attached hydrogen (secondary N) is 1. The first-order valence-electron chi connectivity index (χ1n) is 5.29. The Bertz CT molecular complexity index is 631. The van der Waals surface area contributed by atoms with Crippen molar-refractivity contribution in [3.63, 3.8) is 0 Å². The van der Waals surface area contributed by atoms with Crippen molar-refractivity contribution in [2.24, 2.45) is 0 Å². The number of pyridine rings is 1. The Hall–Kier alpha value is -2.25. The molecular weight excluding hydrogens is 248 g/mol. The van der Waals surface area contributed by atoms with E-state index in [9.17, 15) is 0 Å². The SMILES string of the molecule is Cc1cc(N)cnc1Nc1cc(C#N)ccc1Cl. The molecule has 0 spiro atoms. The molecule has 90 valence electrons. The van der Waals surface area contributed by atoms with Gasteiger partial charge in [0.25, 0.3) is 0 Å². The number of rotatable bonds is 2. The molecule has 3 N–H and O–H groups in total. The fraction of sp³-hybridized carbons (Fsp3) is 0.0769. The van der Waals surface area contributed by atoms with E-state index in [0.717, 1.165) is 5.56 Å². The first kappa shape index (κ1) is 12.2. The van der Waals surface area contributed by atoms with Crippen LogP contribution in [0.4, 0.5) is 17.2 Å². The smallest absolute Gasteiger partial charge is 0.133 e. The number of nitrogens with two attached hydrogens (primary N) is 1. The molecule has 0 saturated carbocycles. The maximum Gasteiger partial charge on any atom is 0.133 e. The van der Waals surface area contributed by atoms with Gasteiger partial charge >= 0.3 is 0 Å². The van der Waals surface area contributed by atoms with Crippen LogP contribution in [-0.4, -0.2) is 4.98 Å². The second-order valence-corrected chi connectivity index (χ2v) is 4.27. The van der Waals surface area contributed by atoms with Crippen LogP contribution in [0.1, 0.15) is 11.1 Å². The minimum absolute atomic E-state index is 0.534. The summed E-state index contributed by atoms with van der Waals surface area (Å²) in [5.74, 6) is 0.668. The molecule has 0 bridgehead atoms. The van der Waals surface area contributed by atoms with E-state index >= 15 is 0 Å². The molecule has 1 aromatic carbocycles. The van der Waals surface area contributed by atoms with Gasteiger partial charge in [0.15, 0.2) is 0 Å². The van der Waals surface area contributed by atoms with E-state index in [1.54, 1.807) is 24.4 Å². The van der Waals surface area contributed by atoms with Crippen molar-refractivity contribution in [3.05, 3.63) is 46.6 Å². The number of hydrogen-bond donors (Lipinski definition) is 2. The summed E-state index contributed by atoms with van der Waals surface area (Å²) in [7, 11) is 0. The maximum absolute atomic E-state index is 8.86. The van der Waals surface area contributed by atoms with Crippen molar-refractivity contribution < 1.29 is 0 Å². The fourth-order valence-corrected chi connectivity index (χ4v) is 1.71. The number of aryl methyl sites for hydroxylation is 1. The largest absolute Gasteiger partial charge is 0.397 e. The van der Waals surface area contributed by atoms with Gasteiger partial charge < -0.3 is 11.1 Å². The Morgan fingerprint density at radius 1 is 1.39 bits per heavy atom. The van der Waals surface area contributed by atoms with Gasteiger partial charge in [-0.25, -0.2) is 4.98 Å². The number of nitriles is 1. The summed E-state index contributed by atoms with van der Waals surface area (Å²) < 4.78 is 0. The number of anilines is 3. The molecular formula is C13H11ClN4. The Balaban J connectivity index is 2.37. The molecule has 0 fully saturated rings. The highest BCUT2D eigenvalue weighted by molar-refractivity contribution is 6.33. The third kappa shape index (κ3) is 2.53. The molecule has 0 radical (unpaired) electrons. The highest BCUT2D eigenvalue weighted by atomic mass is 35.5. The molecule has 0 saturated heterocycles. The summed E-state index contributed by atoms with van der Waals surface area (Å²) in [5, 5.41) is 12.5. The minimum Gasteiger partial charge on any atom is -0.397 e. The summed E-state index contributed by atoms with van der Waals surface area (Å²) in [5.41, 5.74) is 8.34. The number of benzene rings is 1. The van der Waals surface area contributed by atoms with Gasteiger partial charge in [0.05, 0.1) is 34.2 Å². The van der Waals surface area contributed by atoms with E-state index in [1.165, 1.54) is 0 Å². The van der Waals surface area contributed by atoms with Crippen LogP contribution in [0, 0.1) is 18.3 Å². The fourth-order valence-electron chi connectivity index (χ4n) is 1.55. The van der Waals surface area contributed by atoms with Crippen molar-refractivity contribution in [3.8, 4) is 6.07 Å². The van der Waals surface area contributed by atoms with Crippen LogP contribution in [-0.2, 0) is 0 Å². The molecule has 0 aliphatic rings. The molecule has 0 atom stereocenters. The van der Waals surface area contributed by atoms with Crippen molar-refractivity contribution in [2.75, 3.05) is 11.1 Å². The molecule has 0 unspecified atom stereocenters. The van der Waals surface area contributed by atoms with E-state index < -0.39 is 0 Å². The number of hydrogen-bond acceptors (Lipinski definition) is 4. The molecule has 4 nitrogen and oxygen atoms in total. The maximum atomic E-state index is 8.86. The summed E-state index contributed by atoms with van der Waals surface area (Å²) >= 11 is 6.06. The first-order chi connectivity index (χ1) is 8.60. The molecule has 2 aromatic rings. The number of nitrogen functional groups attached to an aromatic ring is 1. The second kappa shape index (κ2) is 4.94. The number of nitrogens with zero attached hydrogens (tertiary/aromatic N) is 2. The minimum atomic E-state index is 0.534. The van der Waals surface area contributed by atoms with E-state index in [0.29, 0.717) is 27.8 Å². The summed E-state index contributed by atoms with van der Waals surface area (Å²) in [6.07, 6.45) is 1.57. The van der Waals surface area contributed by atoms with Crippen LogP contribution in [0.2, 0.25) is 5.02 Å². The lowest BCUT2D eigenvalue weighted by atomic mass is 10.2. The summed E-state index contributed by atoms with van der Waals surface area (Å²) in [4.78, 5) is 4.19. The standard InChI is InChI=1S/C13H11ClN4/c1-8-4-10(16)7-17-13(8)18-12-5-9(6-15)2-3-11(12)14/h2-5,7H,16H2,1H3,(H,17,18). The average molecular weight is 259 g/mol. The third-order valence-corrected chi connectivity index (χ3v) is 2.78. The molecule has 1 heterocycles.